The van der Waals surface area contributed by atoms with Crippen molar-refractivity contribution in [2.24, 2.45) is 11.8 Å². The van der Waals surface area contributed by atoms with Crippen LogP contribution in [0.2, 0.25) is 0 Å². The predicted molar refractivity (Wildman–Crippen MR) is 72.0 cm³/mol. The van der Waals surface area contributed by atoms with Gasteiger partial charge < -0.3 is 0 Å². The number of hydrogen-bond donors (Lipinski definition) is 0. The van der Waals surface area contributed by atoms with Crippen molar-refractivity contribution in [3.8, 4) is 0 Å². The molecule has 0 radical (unpaired) electrons. The molecular weight excluding hydrogens is 304 g/mol. The Labute approximate surface area is 120 Å². The summed E-state index contributed by atoms with van der Waals surface area (Å²) in [5, 5.41) is 0. The maximum Gasteiger partial charge on any atom is 0.264 e. The second-order valence-electron chi connectivity index (χ2n) is 6.90. The van der Waals surface area contributed by atoms with E-state index in [-0.39, 0.29) is 0 Å². The molecular formula is C12H20O6S2. The van der Waals surface area contributed by atoms with Crippen LogP contribution in [-0.2, 0) is 28.6 Å². The summed E-state index contributed by atoms with van der Waals surface area (Å²) in [5.41, 5.74) is -1.52. The standard InChI is InChI=1S/C12H20O6S2/c1-19(13,14)17-11-4-9-3-10(5-11)7-12(6-9,8-11)18-20(2,15)16/h9-10H,3-8H2,1-2H3. The maximum atomic E-state index is 11.5. The molecule has 4 aliphatic carbocycles. The molecule has 4 bridgehead atoms. The van der Waals surface area contributed by atoms with Gasteiger partial charge in [-0.2, -0.15) is 16.8 Å². The molecule has 0 unspecified atom stereocenters. The Morgan fingerprint density at radius 1 is 0.800 bits per heavy atom. The highest BCUT2D eigenvalue weighted by Crippen LogP contribution is 2.60. The van der Waals surface area contributed by atoms with E-state index in [1.807, 2.05) is 0 Å². The van der Waals surface area contributed by atoms with Crippen LogP contribution in [0.4, 0.5) is 0 Å². The lowest BCUT2D eigenvalue weighted by Crippen LogP contribution is -2.61. The SMILES string of the molecule is CS(=O)(=O)OC12CC3CC(C1)CC(OS(C)(=O)=O)(C3)C2. The molecule has 116 valence electrons. The summed E-state index contributed by atoms with van der Waals surface area (Å²) in [6, 6.07) is 0. The molecule has 0 aromatic heterocycles. The molecule has 20 heavy (non-hydrogen) atoms. The summed E-state index contributed by atoms with van der Waals surface area (Å²) in [7, 11) is -7.12. The van der Waals surface area contributed by atoms with E-state index in [4.69, 9.17) is 8.37 Å². The average Bonchev–Trinajstić information content (AvgIpc) is 2.04. The van der Waals surface area contributed by atoms with Gasteiger partial charge >= 0.3 is 0 Å². The molecule has 0 aromatic carbocycles. The third-order valence-electron chi connectivity index (χ3n) is 4.61. The summed E-state index contributed by atoms with van der Waals surface area (Å²) in [5.74, 6) is 0.583. The van der Waals surface area contributed by atoms with Crippen LogP contribution in [0.5, 0.6) is 0 Å². The van der Waals surface area contributed by atoms with Crippen molar-refractivity contribution in [2.45, 2.75) is 49.7 Å². The van der Waals surface area contributed by atoms with Gasteiger partial charge in [0.2, 0.25) is 0 Å². The molecule has 4 aliphatic rings. The molecule has 4 fully saturated rings. The van der Waals surface area contributed by atoms with Gasteiger partial charge in [0.15, 0.2) is 0 Å². The van der Waals surface area contributed by atoms with Crippen molar-refractivity contribution in [1.82, 2.24) is 0 Å². The van der Waals surface area contributed by atoms with Crippen LogP contribution in [-0.4, -0.2) is 40.5 Å². The van der Waals surface area contributed by atoms with E-state index in [9.17, 15) is 16.8 Å². The zero-order valence-corrected chi connectivity index (χ0v) is 13.3. The Hall–Kier alpha value is -0.180. The van der Waals surface area contributed by atoms with Crippen molar-refractivity contribution in [1.29, 1.82) is 0 Å². The maximum absolute atomic E-state index is 11.5. The first-order chi connectivity index (χ1) is 8.99. The third kappa shape index (κ3) is 2.88. The van der Waals surface area contributed by atoms with Gasteiger partial charge in [0.05, 0.1) is 23.7 Å². The molecule has 0 saturated heterocycles. The minimum atomic E-state index is -3.56. The van der Waals surface area contributed by atoms with Gasteiger partial charge in [-0.15, -0.1) is 0 Å². The van der Waals surface area contributed by atoms with Crippen LogP contribution in [0.25, 0.3) is 0 Å². The van der Waals surface area contributed by atoms with Gasteiger partial charge in [0, 0.05) is 6.42 Å². The van der Waals surface area contributed by atoms with Gasteiger partial charge in [-0.3, -0.25) is 8.37 Å². The van der Waals surface area contributed by atoms with Crippen LogP contribution in [0.1, 0.15) is 38.5 Å². The van der Waals surface area contributed by atoms with Gasteiger partial charge in [-0.1, -0.05) is 0 Å². The molecule has 6 nitrogen and oxygen atoms in total. The van der Waals surface area contributed by atoms with Crippen LogP contribution in [0.15, 0.2) is 0 Å². The molecule has 0 aliphatic heterocycles. The molecule has 0 amide bonds. The second-order valence-corrected chi connectivity index (χ2v) is 10.1. The smallest absolute Gasteiger partial charge is 0.264 e. The fourth-order valence-corrected chi connectivity index (χ4v) is 6.61. The summed E-state index contributed by atoms with van der Waals surface area (Å²) >= 11 is 0. The number of hydrogen-bond acceptors (Lipinski definition) is 6. The Bertz CT molecular complexity index is 554. The van der Waals surface area contributed by atoms with Crippen molar-refractivity contribution in [2.75, 3.05) is 12.5 Å². The molecule has 0 heterocycles. The fraction of sp³-hybridized carbons (Fsp3) is 1.00. The van der Waals surface area contributed by atoms with Gasteiger partial charge in [-0.25, -0.2) is 0 Å². The highest BCUT2D eigenvalue weighted by Gasteiger charge is 2.61. The Morgan fingerprint density at radius 2 is 1.15 bits per heavy atom. The van der Waals surface area contributed by atoms with Gasteiger partial charge in [-0.05, 0) is 43.9 Å². The lowest BCUT2D eigenvalue weighted by Gasteiger charge is -2.59. The molecule has 0 spiro atoms. The minimum Gasteiger partial charge on any atom is -0.264 e. The first-order valence-corrected chi connectivity index (χ1v) is 10.4. The third-order valence-corrected chi connectivity index (χ3v) is 5.92. The zero-order chi connectivity index (χ0) is 14.8. The zero-order valence-electron chi connectivity index (χ0n) is 11.7. The monoisotopic (exact) mass is 324 g/mol. The molecule has 0 atom stereocenters. The van der Waals surface area contributed by atoms with Crippen LogP contribution in [0.3, 0.4) is 0 Å². The predicted octanol–water partition coefficient (Wildman–Crippen LogP) is 1.03. The summed E-state index contributed by atoms with van der Waals surface area (Å²) < 4.78 is 56.8. The Balaban J connectivity index is 1.93. The van der Waals surface area contributed by atoms with E-state index in [1.165, 1.54) is 0 Å². The second kappa shape index (κ2) is 4.18. The van der Waals surface area contributed by atoms with Crippen LogP contribution >= 0.6 is 0 Å². The lowest BCUT2D eigenvalue weighted by molar-refractivity contribution is -0.173. The van der Waals surface area contributed by atoms with E-state index >= 15 is 0 Å². The molecule has 4 saturated carbocycles. The Morgan fingerprint density at radius 3 is 1.45 bits per heavy atom. The number of rotatable bonds is 4. The van der Waals surface area contributed by atoms with Gasteiger partial charge in [0.25, 0.3) is 20.2 Å². The van der Waals surface area contributed by atoms with Crippen molar-refractivity contribution in [3.05, 3.63) is 0 Å². The Kier molecular flexibility index (Phi) is 3.08. The van der Waals surface area contributed by atoms with Crippen LogP contribution in [0, 0.1) is 11.8 Å². The van der Waals surface area contributed by atoms with E-state index in [0.717, 1.165) is 18.9 Å². The topological polar surface area (TPSA) is 86.7 Å². The van der Waals surface area contributed by atoms with E-state index in [1.54, 1.807) is 0 Å². The molecule has 4 rings (SSSR count). The fourth-order valence-electron chi connectivity index (χ4n) is 4.93. The summed E-state index contributed by atoms with van der Waals surface area (Å²) in [6.07, 6.45) is 6.22. The molecule has 8 heteroatoms. The highest BCUT2D eigenvalue weighted by molar-refractivity contribution is 7.86. The lowest BCUT2D eigenvalue weighted by atomic mass is 9.52. The summed E-state index contributed by atoms with van der Waals surface area (Å²) in [6.45, 7) is 0. The normalized spacial score (nSPS) is 43.9. The molecule has 0 N–H and O–H groups in total. The average molecular weight is 324 g/mol. The van der Waals surface area contributed by atoms with Crippen molar-refractivity contribution >= 4 is 20.2 Å². The van der Waals surface area contributed by atoms with E-state index in [0.29, 0.717) is 43.9 Å². The van der Waals surface area contributed by atoms with Crippen molar-refractivity contribution in [3.63, 3.8) is 0 Å². The van der Waals surface area contributed by atoms with Crippen molar-refractivity contribution < 1.29 is 25.2 Å². The summed E-state index contributed by atoms with van der Waals surface area (Å²) in [4.78, 5) is 0. The van der Waals surface area contributed by atoms with Gasteiger partial charge in [0.1, 0.15) is 0 Å². The molecule has 0 aromatic rings. The first kappa shape index (κ1) is 14.7. The van der Waals surface area contributed by atoms with E-state index < -0.39 is 31.4 Å². The minimum absolute atomic E-state index is 0.291. The first-order valence-electron chi connectivity index (χ1n) is 6.80. The highest BCUT2D eigenvalue weighted by atomic mass is 32.2. The van der Waals surface area contributed by atoms with Crippen LogP contribution < -0.4 is 0 Å². The largest absolute Gasteiger partial charge is 0.264 e. The van der Waals surface area contributed by atoms with E-state index in [2.05, 4.69) is 0 Å². The quantitative estimate of drug-likeness (QED) is 0.718.